The molecule has 162 valence electrons. The van der Waals surface area contributed by atoms with Crippen LogP contribution in [0.5, 0.6) is 0 Å². The molecule has 0 bridgehead atoms. The minimum Gasteiger partial charge on any atom is -0.381 e. The Kier molecular flexibility index (Phi) is 5.90. The van der Waals surface area contributed by atoms with Gasteiger partial charge in [-0.05, 0) is 49.9 Å². The fourth-order valence-electron chi connectivity index (χ4n) is 4.41. The first-order valence-corrected chi connectivity index (χ1v) is 11.8. The van der Waals surface area contributed by atoms with Crippen molar-refractivity contribution in [2.24, 2.45) is 0 Å². The molecule has 30 heavy (non-hydrogen) atoms. The Labute approximate surface area is 175 Å². The van der Waals surface area contributed by atoms with E-state index in [9.17, 15) is 13.2 Å². The maximum atomic E-state index is 13.3. The average molecular weight is 435 g/mol. The van der Waals surface area contributed by atoms with Gasteiger partial charge in [0.25, 0.3) is 5.91 Å². The second-order valence-corrected chi connectivity index (χ2v) is 10.2. The molecule has 1 aliphatic heterocycles. The molecule has 2 aromatic rings. The largest absolute Gasteiger partial charge is 0.381 e. The number of rotatable bonds is 5. The molecule has 1 saturated carbocycles. The predicted octanol–water partition coefficient (Wildman–Crippen LogP) is 2.14. The van der Waals surface area contributed by atoms with Gasteiger partial charge in [-0.1, -0.05) is 24.5 Å². The van der Waals surface area contributed by atoms with E-state index in [0.717, 1.165) is 18.5 Å². The fourth-order valence-corrected chi connectivity index (χ4v) is 6.35. The van der Waals surface area contributed by atoms with Gasteiger partial charge in [-0.25, -0.2) is 18.6 Å². The highest BCUT2D eigenvalue weighted by Gasteiger charge is 2.52. The van der Waals surface area contributed by atoms with Crippen LogP contribution in [0.3, 0.4) is 0 Å². The number of ether oxygens (including phenoxy) is 1. The molecular formula is C20H26N4O5S. The van der Waals surface area contributed by atoms with Crippen LogP contribution in [0.25, 0.3) is 5.69 Å². The van der Waals surface area contributed by atoms with Gasteiger partial charge in [0.05, 0.1) is 22.5 Å². The molecule has 1 aliphatic carbocycles. The third kappa shape index (κ3) is 3.63. The lowest BCUT2D eigenvalue weighted by molar-refractivity contribution is -0.134. The number of sulfone groups is 1. The summed E-state index contributed by atoms with van der Waals surface area (Å²) in [5, 5.41) is 17.6. The van der Waals surface area contributed by atoms with Crippen LogP contribution in [0.4, 0.5) is 0 Å². The van der Waals surface area contributed by atoms with E-state index in [2.05, 4.69) is 10.3 Å². The Balaban J connectivity index is 1.60. The summed E-state index contributed by atoms with van der Waals surface area (Å²) in [5.74, 6) is -0.499. The number of benzene rings is 1. The Hall–Kier alpha value is -2.30. The van der Waals surface area contributed by atoms with Gasteiger partial charge < -0.3 is 4.74 Å². The lowest BCUT2D eigenvalue weighted by atomic mass is 9.87. The Morgan fingerprint density at radius 1 is 1.13 bits per heavy atom. The number of hydroxylamine groups is 1. The summed E-state index contributed by atoms with van der Waals surface area (Å²) in [7, 11) is -4.04. The normalized spacial score (nSPS) is 20.0. The third-order valence-electron chi connectivity index (χ3n) is 6.28. The van der Waals surface area contributed by atoms with E-state index in [1.165, 1.54) is 36.9 Å². The molecule has 2 N–H and O–H groups in total. The number of aromatic nitrogens is 3. The summed E-state index contributed by atoms with van der Waals surface area (Å²) in [6.45, 7) is 0.265. The maximum Gasteiger partial charge on any atom is 0.265 e. The highest BCUT2D eigenvalue weighted by molar-refractivity contribution is 7.93. The summed E-state index contributed by atoms with van der Waals surface area (Å²) in [4.78, 5) is 12.3. The minimum atomic E-state index is -4.04. The number of carbonyl (C=O) groups is 1. The second-order valence-electron chi connectivity index (χ2n) is 7.97. The quantitative estimate of drug-likeness (QED) is 0.546. The topological polar surface area (TPSA) is 123 Å². The molecule has 1 saturated heterocycles. The molecular weight excluding hydrogens is 408 g/mol. The predicted molar refractivity (Wildman–Crippen MR) is 107 cm³/mol. The fraction of sp³-hybridized carbons (Fsp3) is 0.550. The van der Waals surface area contributed by atoms with Gasteiger partial charge >= 0.3 is 0 Å². The Morgan fingerprint density at radius 2 is 1.80 bits per heavy atom. The van der Waals surface area contributed by atoms with Crippen molar-refractivity contribution in [3.63, 3.8) is 0 Å². The zero-order valence-corrected chi connectivity index (χ0v) is 17.5. The van der Waals surface area contributed by atoms with E-state index < -0.39 is 20.5 Å². The van der Waals surface area contributed by atoms with E-state index in [4.69, 9.17) is 9.94 Å². The van der Waals surface area contributed by atoms with Crippen LogP contribution in [-0.4, -0.2) is 52.5 Å². The molecule has 4 rings (SSSR count). The van der Waals surface area contributed by atoms with Crippen LogP contribution in [0.15, 0.2) is 35.4 Å². The number of nitrogens with one attached hydrogen (secondary N) is 1. The van der Waals surface area contributed by atoms with Crippen molar-refractivity contribution in [1.29, 1.82) is 0 Å². The van der Waals surface area contributed by atoms with Crippen molar-refractivity contribution < 1.29 is 23.2 Å². The molecule has 9 nitrogen and oxygen atoms in total. The standard InChI is InChI=1S/C20H26N4O5S/c25-19(22-26)20(10-12-29-13-11-20)30(27,28)17-8-6-16(7-9-17)24-14-18(21-23-24)15-4-2-1-3-5-15/h6-9,14-15,26H,1-5,10-13H2,(H,22,25). The lowest BCUT2D eigenvalue weighted by Gasteiger charge is -2.34. The first kappa shape index (κ1) is 21.0. The molecule has 2 aliphatic rings. The summed E-state index contributed by atoms with van der Waals surface area (Å²) in [6.07, 6.45) is 7.79. The minimum absolute atomic E-state index is 0.0166. The van der Waals surface area contributed by atoms with Gasteiger partial charge in [0.15, 0.2) is 14.6 Å². The first-order chi connectivity index (χ1) is 14.5. The first-order valence-electron chi connectivity index (χ1n) is 10.3. The van der Waals surface area contributed by atoms with Gasteiger partial charge in [-0.15, -0.1) is 5.10 Å². The second kappa shape index (κ2) is 8.44. The summed E-state index contributed by atoms with van der Waals surface area (Å²) in [5.41, 5.74) is 3.18. The molecule has 1 amide bonds. The molecule has 1 aromatic carbocycles. The molecule has 0 unspecified atom stereocenters. The van der Waals surface area contributed by atoms with Crippen LogP contribution < -0.4 is 5.48 Å². The molecule has 2 heterocycles. The maximum absolute atomic E-state index is 13.3. The molecule has 0 atom stereocenters. The van der Waals surface area contributed by atoms with Crippen molar-refractivity contribution in [1.82, 2.24) is 20.5 Å². The number of hydrogen-bond donors (Lipinski definition) is 2. The average Bonchev–Trinajstić information content (AvgIpc) is 3.30. The Morgan fingerprint density at radius 3 is 2.43 bits per heavy atom. The highest BCUT2D eigenvalue weighted by atomic mass is 32.2. The molecule has 2 fully saturated rings. The highest BCUT2D eigenvalue weighted by Crippen LogP contribution is 2.36. The molecule has 1 aromatic heterocycles. The molecule has 0 radical (unpaired) electrons. The Bertz CT molecular complexity index is 990. The van der Waals surface area contributed by atoms with E-state index in [1.54, 1.807) is 16.8 Å². The lowest BCUT2D eigenvalue weighted by Crippen LogP contribution is -2.54. The van der Waals surface area contributed by atoms with Crippen molar-refractivity contribution in [2.75, 3.05) is 13.2 Å². The SMILES string of the molecule is O=C(NO)C1(S(=O)(=O)c2ccc(-n3cc(C4CCCCC4)nn3)cc2)CCOCC1. The van der Waals surface area contributed by atoms with Gasteiger partial charge in [-0.2, -0.15) is 0 Å². The van der Waals surface area contributed by atoms with Crippen LogP contribution in [0.1, 0.15) is 56.6 Å². The van der Waals surface area contributed by atoms with Crippen molar-refractivity contribution >= 4 is 15.7 Å². The van der Waals surface area contributed by atoms with Gasteiger partial charge in [-0.3, -0.25) is 10.0 Å². The van der Waals surface area contributed by atoms with E-state index in [1.807, 2.05) is 6.20 Å². The zero-order valence-electron chi connectivity index (χ0n) is 16.7. The van der Waals surface area contributed by atoms with Crippen LogP contribution in [-0.2, 0) is 19.4 Å². The van der Waals surface area contributed by atoms with Crippen molar-refractivity contribution in [3.05, 3.63) is 36.2 Å². The smallest absolute Gasteiger partial charge is 0.265 e. The number of carbonyl (C=O) groups excluding carboxylic acids is 1. The van der Waals surface area contributed by atoms with Crippen LogP contribution >= 0.6 is 0 Å². The van der Waals surface area contributed by atoms with E-state index in [0.29, 0.717) is 11.6 Å². The molecule has 0 spiro atoms. The number of hydrogen-bond acceptors (Lipinski definition) is 7. The summed E-state index contributed by atoms with van der Waals surface area (Å²) < 4.78 is 31.7. The van der Waals surface area contributed by atoms with E-state index in [-0.39, 0.29) is 31.0 Å². The third-order valence-corrected chi connectivity index (χ3v) is 8.79. The molecule has 10 heteroatoms. The van der Waals surface area contributed by atoms with Crippen molar-refractivity contribution in [2.45, 2.75) is 60.5 Å². The summed E-state index contributed by atoms with van der Waals surface area (Å²) >= 11 is 0. The zero-order chi connectivity index (χ0) is 21.2. The number of nitrogens with zero attached hydrogens (tertiary/aromatic N) is 3. The summed E-state index contributed by atoms with van der Waals surface area (Å²) in [6, 6.07) is 6.23. The van der Waals surface area contributed by atoms with Gasteiger partial charge in [0.1, 0.15) is 0 Å². The van der Waals surface area contributed by atoms with Crippen molar-refractivity contribution in [3.8, 4) is 5.69 Å². The van der Waals surface area contributed by atoms with Gasteiger partial charge in [0.2, 0.25) is 0 Å². The van der Waals surface area contributed by atoms with Crippen LogP contribution in [0, 0.1) is 0 Å². The monoisotopic (exact) mass is 434 g/mol. The van der Waals surface area contributed by atoms with E-state index >= 15 is 0 Å². The van der Waals surface area contributed by atoms with Gasteiger partial charge in [0, 0.05) is 19.1 Å². The van der Waals surface area contributed by atoms with Crippen LogP contribution in [0.2, 0.25) is 0 Å². The number of amides is 1.